The second-order valence-corrected chi connectivity index (χ2v) is 8.01. The first-order chi connectivity index (χ1) is 13.1. The summed E-state index contributed by atoms with van der Waals surface area (Å²) >= 11 is 3.22. The highest BCUT2D eigenvalue weighted by Gasteiger charge is 2.12. The molecule has 0 aliphatic rings. The lowest BCUT2D eigenvalue weighted by Gasteiger charge is -2.07. The van der Waals surface area contributed by atoms with Gasteiger partial charge < -0.3 is 5.32 Å². The first-order valence-electron chi connectivity index (χ1n) is 8.33. The first kappa shape index (κ1) is 17.6. The number of thiophene rings is 1. The molecule has 1 N–H and O–H groups in total. The van der Waals surface area contributed by atoms with Gasteiger partial charge in [-0.2, -0.15) is 0 Å². The molecule has 0 aliphatic carbocycles. The monoisotopic (exact) mass is 396 g/mol. The molecular formula is C19H16N4O2S2. The number of fused-ring (bicyclic) bond motifs is 1. The minimum absolute atomic E-state index is 0.0632. The number of hydrogen-bond donors (Lipinski definition) is 1. The van der Waals surface area contributed by atoms with Gasteiger partial charge in [-0.15, -0.1) is 22.7 Å². The van der Waals surface area contributed by atoms with Crippen LogP contribution in [0.4, 0.5) is 0 Å². The third kappa shape index (κ3) is 3.67. The van der Waals surface area contributed by atoms with Crippen LogP contribution in [-0.2, 0) is 17.9 Å². The molecule has 1 aromatic carbocycles. The molecule has 1 amide bonds. The number of aryl methyl sites for hydroxylation is 1. The number of benzene rings is 1. The van der Waals surface area contributed by atoms with Gasteiger partial charge in [0.15, 0.2) is 0 Å². The van der Waals surface area contributed by atoms with Crippen molar-refractivity contribution in [1.29, 1.82) is 0 Å². The number of thiazole rings is 1. The Bertz CT molecular complexity index is 1160. The van der Waals surface area contributed by atoms with Gasteiger partial charge in [0, 0.05) is 4.88 Å². The number of para-hydroxylation sites is 1. The molecule has 136 valence electrons. The van der Waals surface area contributed by atoms with Crippen molar-refractivity contribution in [3.63, 3.8) is 0 Å². The van der Waals surface area contributed by atoms with Crippen LogP contribution in [0, 0.1) is 6.92 Å². The summed E-state index contributed by atoms with van der Waals surface area (Å²) in [5, 5.41) is 6.35. The Morgan fingerprint density at radius 1 is 1.22 bits per heavy atom. The van der Waals surface area contributed by atoms with Gasteiger partial charge in [0.1, 0.15) is 11.6 Å². The zero-order chi connectivity index (χ0) is 18.8. The lowest BCUT2D eigenvalue weighted by atomic mass is 10.2. The molecule has 4 aromatic rings. The van der Waals surface area contributed by atoms with Crippen molar-refractivity contribution < 1.29 is 4.79 Å². The van der Waals surface area contributed by atoms with Gasteiger partial charge in [-0.05, 0) is 30.5 Å². The highest BCUT2D eigenvalue weighted by molar-refractivity contribution is 7.21. The zero-order valence-electron chi connectivity index (χ0n) is 14.5. The molecule has 0 saturated carbocycles. The van der Waals surface area contributed by atoms with E-state index in [4.69, 9.17) is 0 Å². The van der Waals surface area contributed by atoms with Gasteiger partial charge in [0.05, 0.1) is 34.3 Å². The van der Waals surface area contributed by atoms with E-state index in [0.29, 0.717) is 17.4 Å². The summed E-state index contributed by atoms with van der Waals surface area (Å²) in [5.74, 6) is -0.236. The van der Waals surface area contributed by atoms with Gasteiger partial charge in [0.2, 0.25) is 5.91 Å². The summed E-state index contributed by atoms with van der Waals surface area (Å²) < 4.78 is 1.33. The largest absolute Gasteiger partial charge is 0.350 e. The topological polar surface area (TPSA) is 76.9 Å². The molecule has 3 aromatic heterocycles. The van der Waals surface area contributed by atoms with E-state index in [1.54, 1.807) is 40.9 Å². The van der Waals surface area contributed by atoms with E-state index in [9.17, 15) is 9.59 Å². The van der Waals surface area contributed by atoms with Crippen molar-refractivity contribution in [2.75, 3.05) is 0 Å². The van der Waals surface area contributed by atoms with Gasteiger partial charge >= 0.3 is 0 Å². The van der Waals surface area contributed by atoms with Crippen LogP contribution >= 0.6 is 22.7 Å². The fourth-order valence-electron chi connectivity index (χ4n) is 2.71. The van der Waals surface area contributed by atoms with Crippen LogP contribution in [0.15, 0.2) is 52.9 Å². The Morgan fingerprint density at radius 3 is 2.89 bits per heavy atom. The highest BCUT2D eigenvalue weighted by atomic mass is 32.1. The van der Waals surface area contributed by atoms with Crippen molar-refractivity contribution in [3.8, 4) is 9.88 Å². The maximum atomic E-state index is 12.5. The Hall–Kier alpha value is -2.84. The van der Waals surface area contributed by atoms with E-state index in [2.05, 4.69) is 15.3 Å². The Morgan fingerprint density at radius 2 is 2.07 bits per heavy atom. The van der Waals surface area contributed by atoms with Gasteiger partial charge in [0.25, 0.3) is 5.56 Å². The van der Waals surface area contributed by atoms with E-state index in [0.717, 1.165) is 20.5 Å². The van der Waals surface area contributed by atoms with E-state index in [-0.39, 0.29) is 18.0 Å². The molecule has 0 radical (unpaired) electrons. The van der Waals surface area contributed by atoms with Crippen LogP contribution < -0.4 is 10.9 Å². The van der Waals surface area contributed by atoms with E-state index >= 15 is 0 Å². The summed E-state index contributed by atoms with van der Waals surface area (Å²) in [5.41, 5.74) is 1.32. The molecule has 3 heterocycles. The van der Waals surface area contributed by atoms with Crippen LogP contribution in [0.5, 0.6) is 0 Å². The van der Waals surface area contributed by atoms with Gasteiger partial charge in [-0.3, -0.25) is 14.2 Å². The number of rotatable bonds is 5. The number of nitrogens with one attached hydrogen (secondary N) is 1. The SMILES string of the molecule is Cc1nc(-c2cccs2)sc1CNC(=O)Cn1cnc2ccccc2c1=O. The standard InChI is InChI=1S/C19H16N4O2S2/c1-12-16(27-18(22-12)15-7-4-8-26-15)9-20-17(24)10-23-11-21-14-6-3-2-5-13(14)19(23)25/h2-8,11H,9-10H2,1H3,(H,20,24). The number of hydrogen-bond acceptors (Lipinski definition) is 6. The van der Waals surface area contributed by atoms with Crippen LogP contribution in [0.1, 0.15) is 10.6 Å². The highest BCUT2D eigenvalue weighted by Crippen LogP contribution is 2.30. The molecule has 27 heavy (non-hydrogen) atoms. The van der Waals surface area contributed by atoms with E-state index < -0.39 is 0 Å². The molecule has 0 unspecified atom stereocenters. The van der Waals surface area contributed by atoms with Gasteiger partial charge in [-0.1, -0.05) is 18.2 Å². The normalized spacial score (nSPS) is 11.0. The average molecular weight is 396 g/mol. The molecule has 4 rings (SSSR count). The molecule has 6 nitrogen and oxygen atoms in total. The fraction of sp³-hybridized carbons (Fsp3) is 0.158. The number of amides is 1. The van der Waals surface area contributed by atoms with Gasteiger partial charge in [-0.25, -0.2) is 9.97 Å². The van der Waals surface area contributed by atoms with Crippen molar-refractivity contribution in [2.45, 2.75) is 20.0 Å². The van der Waals surface area contributed by atoms with Crippen LogP contribution in [0.3, 0.4) is 0 Å². The average Bonchev–Trinajstić information content (AvgIpc) is 3.32. The van der Waals surface area contributed by atoms with Crippen LogP contribution in [0.25, 0.3) is 20.8 Å². The van der Waals surface area contributed by atoms with E-state index in [1.807, 2.05) is 30.5 Å². The minimum Gasteiger partial charge on any atom is -0.350 e. The second-order valence-electron chi connectivity index (χ2n) is 5.98. The minimum atomic E-state index is -0.236. The van der Waals surface area contributed by atoms with Crippen molar-refractivity contribution in [2.24, 2.45) is 0 Å². The number of aromatic nitrogens is 3. The number of nitrogens with zero attached hydrogens (tertiary/aromatic N) is 3. The molecular weight excluding hydrogens is 380 g/mol. The fourth-order valence-corrected chi connectivity index (χ4v) is 4.50. The molecule has 0 bridgehead atoms. The van der Waals surface area contributed by atoms with Crippen molar-refractivity contribution >= 4 is 39.5 Å². The van der Waals surface area contributed by atoms with Crippen molar-refractivity contribution in [1.82, 2.24) is 19.9 Å². The third-order valence-electron chi connectivity index (χ3n) is 4.12. The van der Waals surface area contributed by atoms with E-state index in [1.165, 1.54) is 10.9 Å². The van der Waals surface area contributed by atoms with Crippen LogP contribution in [-0.4, -0.2) is 20.4 Å². The number of carbonyl (C=O) groups excluding carboxylic acids is 1. The molecule has 0 spiro atoms. The Labute approximate surface area is 163 Å². The third-order valence-corrected chi connectivity index (χ3v) is 6.31. The smallest absolute Gasteiger partial charge is 0.261 e. The quantitative estimate of drug-likeness (QED) is 0.562. The predicted octanol–water partition coefficient (Wildman–Crippen LogP) is 3.21. The predicted molar refractivity (Wildman–Crippen MR) is 108 cm³/mol. The number of carbonyl (C=O) groups is 1. The maximum Gasteiger partial charge on any atom is 0.261 e. The molecule has 0 aliphatic heterocycles. The maximum absolute atomic E-state index is 12.5. The molecule has 0 saturated heterocycles. The summed E-state index contributed by atoms with van der Waals surface area (Å²) in [7, 11) is 0. The zero-order valence-corrected chi connectivity index (χ0v) is 16.1. The van der Waals surface area contributed by atoms with Crippen molar-refractivity contribution in [3.05, 3.63) is 69.0 Å². The molecule has 8 heteroatoms. The Balaban J connectivity index is 1.45. The summed E-state index contributed by atoms with van der Waals surface area (Å²) in [6, 6.07) is 11.1. The lowest BCUT2D eigenvalue weighted by Crippen LogP contribution is -2.32. The lowest BCUT2D eigenvalue weighted by molar-refractivity contribution is -0.121. The molecule has 0 fully saturated rings. The summed E-state index contributed by atoms with van der Waals surface area (Å²) in [6.45, 7) is 2.27. The summed E-state index contributed by atoms with van der Waals surface area (Å²) in [6.07, 6.45) is 1.41. The molecule has 0 atom stereocenters. The summed E-state index contributed by atoms with van der Waals surface area (Å²) in [4.78, 5) is 35.7. The second kappa shape index (κ2) is 7.42. The van der Waals surface area contributed by atoms with Crippen LogP contribution in [0.2, 0.25) is 0 Å². The Kier molecular flexibility index (Phi) is 4.83. The first-order valence-corrected chi connectivity index (χ1v) is 10.0.